The van der Waals surface area contributed by atoms with E-state index in [0.717, 1.165) is 10.3 Å². The first-order chi connectivity index (χ1) is 7.27. The minimum atomic E-state index is 0.671. The number of hydrogen-bond donors (Lipinski definition) is 0. The first-order valence-electron chi connectivity index (χ1n) is 5.41. The van der Waals surface area contributed by atoms with Gasteiger partial charge in [0.25, 0.3) is 0 Å². The lowest BCUT2D eigenvalue weighted by atomic mass is 9.85. The average molecular weight is 265 g/mol. The van der Waals surface area contributed by atoms with Crippen molar-refractivity contribution in [2.45, 2.75) is 32.1 Å². The predicted octanol–water partition coefficient (Wildman–Crippen LogP) is 3.67. The normalized spacial score (nSPS) is 16.9. The molecule has 0 unspecified atom stereocenters. The predicted molar refractivity (Wildman–Crippen MR) is 64.2 cm³/mol. The van der Waals surface area contributed by atoms with Gasteiger partial charge in [0.1, 0.15) is 5.82 Å². The molecule has 0 bridgehead atoms. The van der Waals surface area contributed by atoms with Crippen molar-refractivity contribution in [3.8, 4) is 0 Å². The van der Waals surface area contributed by atoms with E-state index in [4.69, 9.17) is 4.98 Å². The number of halogens is 1. The molecule has 2 nitrogen and oxygen atoms in total. The molecule has 0 saturated heterocycles. The number of nitrogens with zero attached hydrogens (tertiary/aromatic N) is 2. The van der Waals surface area contributed by atoms with E-state index in [9.17, 15) is 0 Å². The Labute approximate surface area is 97.5 Å². The molecule has 1 aliphatic rings. The van der Waals surface area contributed by atoms with Gasteiger partial charge in [-0.3, -0.25) is 4.40 Å². The Morgan fingerprint density at radius 3 is 2.87 bits per heavy atom. The quantitative estimate of drug-likeness (QED) is 0.719. The maximum absolute atomic E-state index is 4.71. The van der Waals surface area contributed by atoms with Gasteiger partial charge in [0, 0.05) is 5.92 Å². The van der Waals surface area contributed by atoms with Crippen molar-refractivity contribution in [2.24, 2.45) is 0 Å². The second kappa shape index (κ2) is 3.34. The molecule has 78 valence electrons. The monoisotopic (exact) mass is 264 g/mol. The van der Waals surface area contributed by atoms with Crippen molar-refractivity contribution >= 4 is 21.4 Å². The lowest BCUT2D eigenvalue weighted by Crippen LogP contribution is -2.12. The van der Waals surface area contributed by atoms with Crippen molar-refractivity contribution in [3.05, 3.63) is 34.3 Å². The molecule has 2 aromatic rings. The SMILES string of the molecule is Cc1nc(C2CCC2)n2c(Br)cccc12. The van der Waals surface area contributed by atoms with E-state index >= 15 is 0 Å². The summed E-state index contributed by atoms with van der Waals surface area (Å²) in [4.78, 5) is 4.71. The van der Waals surface area contributed by atoms with Gasteiger partial charge in [-0.15, -0.1) is 0 Å². The lowest BCUT2D eigenvalue weighted by molar-refractivity contribution is 0.399. The Kier molecular flexibility index (Phi) is 2.09. The molecule has 2 aromatic heterocycles. The molecule has 1 saturated carbocycles. The molecule has 1 fully saturated rings. The fourth-order valence-electron chi connectivity index (χ4n) is 2.22. The van der Waals surface area contributed by atoms with E-state index in [-0.39, 0.29) is 0 Å². The highest BCUT2D eigenvalue weighted by molar-refractivity contribution is 9.10. The molecule has 0 radical (unpaired) electrons. The maximum Gasteiger partial charge on any atom is 0.117 e. The molecule has 2 heterocycles. The first kappa shape index (κ1) is 9.40. The second-order valence-corrected chi connectivity index (χ2v) is 5.06. The van der Waals surface area contributed by atoms with Gasteiger partial charge in [0.2, 0.25) is 0 Å². The molecular weight excluding hydrogens is 252 g/mol. The molecule has 3 rings (SSSR count). The zero-order chi connectivity index (χ0) is 10.4. The van der Waals surface area contributed by atoms with Crippen LogP contribution >= 0.6 is 15.9 Å². The number of aryl methyl sites for hydroxylation is 1. The lowest BCUT2D eigenvalue weighted by Gasteiger charge is -2.24. The van der Waals surface area contributed by atoms with Crippen molar-refractivity contribution in [1.82, 2.24) is 9.38 Å². The molecule has 0 spiro atoms. The topological polar surface area (TPSA) is 17.3 Å². The summed E-state index contributed by atoms with van der Waals surface area (Å²) in [5.41, 5.74) is 2.37. The van der Waals surface area contributed by atoms with Crippen LogP contribution in [0.1, 0.15) is 36.7 Å². The average Bonchev–Trinajstić information content (AvgIpc) is 2.43. The summed E-state index contributed by atoms with van der Waals surface area (Å²) >= 11 is 3.61. The van der Waals surface area contributed by atoms with Gasteiger partial charge in [0.15, 0.2) is 0 Å². The summed E-state index contributed by atoms with van der Waals surface area (Å²) in [6, 6.07) is 6.28. The fraction of sp³-hybridized carbons (Fsp3) is 0.417. The van der Waals surface area contributed by atoms with Gasteiger partial charge in [-0.1, -0.05) is 12.5 Å². The third kappa shape index (κ3) is 1.33. The van der Waals surface area contributed by atoms with E-state index in [0.29, 0.717) is 5.92 Å². The van der Waals surface area contributed by atoms with E-state index < -0.39 is 0 Å². The van der Waals surface area contributed by atoms with Crippen molar-refractivity contribution in [3.63, 3.8) is 0 Å². The second-order valence-electron chi connectivity index (χ2n) is 4.25. The number of aromatic nitrogens is 2. The van der Waals surface area contributed by atoms with Crippen LogP contribution in [0.15, 0.2) is 22.8 Å². The molecule has 0 N–H and O–H groups in total. The molecule has 0 amide bonds. The molecule has 0 atom stereocenters. The Bertz CT molecular complexity index is 512. The van der Waals surface area contributed by atoms with Crippen LogP contribution in [0.5, 0.6) is 0 Å². The van der Waals surface area contributed by atoms with Gasteiger partial charge < -0.3 is 0 Å². The summed E-state index contributed by atoms with van der Waals surface area (Å²) in [7, 11) is 0. The van der Waals surface area contributed by atoms with Gasteiger partial charge in [-0.25, -0.2) is 4.98 Å². The standard InChI is InChI=1S/C12H13BrN2/c1-8-10-6-3-7-11(13)15(10)12(14-8)9-4-2-5-9/h3,6-7,9H,2,4-5H2,1H3. The van der Waals surface area contributed by atoms with Crippen LogP contribution in [0, 0.1) is 6.92 Å². The van der Waals surface area contributed by atoms with Crippen LogP contribution in [0.25, 0.3) is 5.52 Å². The number of imidazole rings is 1. The minimum absolute atomic E-state index is 0.671. The number of rotatable bonds is 1. The Morgan fingerprint density at radius 1 is 1.40 bits per heavy atom. The van der Waals surface area contributed by atoms with Crippen LogP contribution in [-0.2, 0) is 0 Å². The summed E-state index contributed by atoms with van der Waals surface area (Å²) in [5.74, 6) is 1.91. The van der Waals surface area contributed by atoms with Gasteiger partial charge in [-0.2, -0.15) is 0 Å². The number of fused-ring (bicyclic) bond motifs is 1. The zero-order valence-corrected chi connectivity index (χ0v) is 10.3. The molecule has 0 aromatic carbocycles. The highest BCUT2D eigenvalue weighted by Crippen LogP contribution is 2.37. The molecule has 0 aliphatic heterocycles. The van der Waals surface area contributed by atoms with Crippen LogP contribution in [-0.4, -0.2) is 9.38 Å². The minimum Gasteiger partial charge on any atom is -0.290 e. The number of hydrogen-bond acceptors (Lipinski definition) is 1. The molecule has 3 heteroatoms. The maximum atomic E-state index is 4.71. The third-order valence-electron chi connectivity index (χ3n) is 3.29. The largest absolute Gasteiger partial charge is 0.290 e. The van der Waals surface area contributed by atoms with Gasteiger partial charge >= 0.3 is 0 Å². The van der Waals surface area contributed by atoms with Crippen LogP contribution in [0.2, 0.25) is 0 Å². The van der Waals surface area contributed by atoms with E-state index in [1.165, 1.54) is 30.6 Å². The van der Waals surface area contributed by atoms with Crippen molar-refractivity contribution in [2.75, 3.05) is 0 Å². The van der Waals surface area contributed by atoms with Gasteiger partial charge in [0.05, 0.1) is 15.8 Å². The Balaban J connectivity index is 2.29. The molecular formula is C12H13BrN2. The van der Waals surface area contributed by atoms with E-state index in [2.05, 4.69) is 45.5 Å². The molecule has 15 heavy (non-hydrogen) atoms. The van der Waals surface area contributed by atoms with Crippen LogP contribution in [0.3, 0.4) is 0 Å². The van der Waals surface area contributed by atoms with Crippen LogP contribution in [0.4, 0.5) is 0 Å². The Morgan fingerprint density at radius 2 is 2.20 bits per heavy atom. The van der Waals surface area contributed by atoms with Crippen LogP contribution < -0.4 is 0 Å². The Hall–Kier alpha value is -0.830. The fourth-order valence-corrected chi connectivity index (χ4v) is 2.74. The highest BCUT2D eigenvalue weighted by atomic mass is 79.9. The summed E-state index contributed by atoms with van der Waals surface area (Å²) in [6.07, 6.45) is 3.93. The zero-order valence-electron chi connectivity index (χ0n) is 8.70. The van der Waals surface area contributed by atoms with E-state index in [1.807, 2.05) is 0 Å². The van der Waals surface area contributed by atoms with E-state index in [1.54, 1.807) is 0 Å². The smallest absolute Gasteiger partial charge is 0.117 e. The van der Waals surface area contributed by atoms with Crippen molar-refractivity contribution in [1.29, 1.82) is 0 Å². The highest BCUT2D eigenvalue weighted by Gasteiger charge is 2.25. The third-order valence-corrected chi connectivity index (χ3v) is 3.91. The molecule has 1 aliphatic carbocycles. The first-order valence-corrected chi connectivity index (χ1v) is 6.20. The number of pyridine rings is 1. The van der Waals surface area contributed by atoms with Crippen molar-refractivity contribution < 1.29 is 0 Å². The summed E-state index contributed by atoms with van der Waals surface area (Å²) < 4.78 is 3.36. The summed E-state index contributed by atoms with van der Waals surface area (Å²) in [5, 5.41) is 0. The summed E-state index contributed by atoms with van der Waals surface area (Å²) in [6.45, 7) is 2.09. The van der Waals surface area contributed by atoms with Gasteiger partial charge in [-0.05, 0) is 47.8 Å².